The van der Waals surface area contributed by atoms with Gasteiger partial charge in [-0.1, -0.05) is 25.3 Å². The van der Waals surface area contributed by atoms with Gasteiger partial charge in [0.2, 0.25) is 0 Å². The summed E-state index contributed by atoms with van der Waals surface area (Å²) in [5.74, 6) is 0. The van der Waals surface area contributed by atoms with Gasteiger partial charge in [-0.2, -0.15) is 0 Å². The fourth-order valence-electron chi connectivity index (χ4n) is 2.92. The zero-order chi connectivity index (χ0) is 15.5. The summed E-state index contributed by atoms with van der Waals surface area (Å²) in [4.78, 5) is 23.8. The predicted molar refractivity (Wildman–Crippen MR) is 91.4 cm³/mol. The number of fused-ring (bicyclic) bond motifs is 1. The van der Waals surface area contributed by atoms with Gasteiger partial charge in [0.25, 0.3) is 11.1 Å². The highest BCUT2D eigenvalue weighted by Crippen LogP contribution is 2.19. The molecule has 7 heteroatoms. The molecule has 3 rings (SSSR count). The molecule has 0 radical (unpaired) electrons. The normalized spacial score (nSPS) is 15.6. The van der Waals surface area contributed by atoms with Crippen LogP contribution in [0.1, 0.15) is 32.1 Å². The van der Waals surface area contributed by atoms with Crippen molar-refractivity contribution in [3.8, 4) is 0 Å². The van der Waals surface area contributed by atoms with E-state index in [1.165, 1.54) is 19.3 Å². The van der Waals surface area contributed by atoms with Crippen molar-refractivity contribution in [2.75, 3.05) is 5.32 Å². The van der Waals surface area contributed by atoms with E-state index in [1.807, 2.05) is 0 Å². The molecule has 1 aliphatic rings. The second-order valence-electron chi connectivity index (χ2n) is 5.57. The number of thiocarbonyl (C=S) groups is 1. The molecule has 0 atom stereocenters. The van der Waals surface area contributed by atoms with Gasteiger partial charge in [-0.05, 0) is 37.2 Å². The maximum absolute atomic E-state index is 12.0. The van der Waals surface area contributed by atoms with Gasteiger partial charge in [-0.25, -0.2) is 0 Å². The molecule has 0 saturated heterocycles. The number of aromatic nitrogens is 2. The zero-order valence-electron chi connectivity index (χ0n) is 12.1. The molecule has 2 aromatic rings. The summed E-state index contributed by atoms with van der Waals surface area (Å²) >= 11 is 5.34. The standard InChI is InChI=1S/C15H18N4O2S/c20-13-10-7-4-8-11(12(10)14(21)19-18-13)17-15(22)16-9-5-2-1-3-6-9/h4,7-9H,1-3,5-6H2,(H,18,20)(H,19,21)(H2,16,17,22). The van der Waals surface area contributed by atoms with Crippen molar-refractivity contribution in [3.05, 3.63) is 38.9 Å². The van der Waals surface area contributed by atoms with Gasteiger partial charge in [0, 0.05) is 6.04 Å². The Kier molecular flexibility index (Phi) is 4.24. The van der Waals surface area contributed by atoms with Crippen molar-refractivity contribution >= 4 is 33.8 Å². The SMILES string of the molecule is O=c1[nH][nH]c(=O)c2c(NC(=S)NC3CCCCC3)cccc12. The number of anilines is 1. The molecule has 0 aliphatic heterocycles. The van der Waals surface area contributed by atoms with Crippen LogP contribution in [0.5, 0.6) is 0 Å². The van der Waals surface area contributed by atoms with E-state index in [4.69, 9.17) is 12.2 Å². The summed E-state index contributed by atoms with van der Waals surface area (Å²) in [6.07, 6.45) is 5.92. The van der Waals surface area contributed by atoms with Crippen LogP contribution in [0.4, 0.5) is 5.69 Å². The van der Waals surface area contributed by atoms with Gasteiger partial charge in [-0.15, -0.1) is 0 Å². The number of nitrogens with one attached hydrogen (secondary N) is 4. The second-order valence-corrected chi connectivity index (χ2v) is 5.98. The molecule has 116 valence electrons. The van der Waals surface area contributed by atoms with E-state index in [-0.39, 0.29) is 11.1 Å². The van der Waals surface area contributed by atoms with Crippen molar-refractivity contribution in [3.63, 3.8) is 0 Å². The van der Waals surface area contributed by atoms with Crippen molar-refractivity contribution in [2.45, 2.75) is 38.1 Å². The Balaban J connectivity index is 1.84. The molecule has 1 fully saturated rings. The Morgan fingerprint density at radius 2 is 1.82 bits per heavy atom. The first-order valence-corrected chi connectivity index (χ1v) is 7.87. The van der Waals surface area contributed by atoms with E-state index in [9.17, 15) is 9.59 Å². The van der Waals surface area contributed by atoms with Crippen molar-refractivity contribution < 1.29 is 0 Å². The molecule has 1 aliphatic carbocycles. The highest BCUT2D eigenvalue weighted by Gasteiger charge is 2.15. The Labute approximate surface area is 132 Å². The summed E-state index contributed by atoms with van der Waals surface area (Å²) in [6, 6.07) is 5.46. The Bertz CT molecular complexity index is 805. The summed E-state index contributed by atoms with van der Waals surface area (Å²) in [6.45, 7) is 0. The van der Waals surface area contributed by atoms with Crippen LogP contribution in [-0.4, -0.2) is 21.4 Å². The maximum atomic E-state index is 12.0. The molecule has 1 saturated carbocycles. The minimum atomic E-state index is -0.349. The van der Waals surface area contributed by atoms with Crippen LogP contribution in [0.25, 0.3) is 10.8 Å². The highest BCUT2D eigenvalue weighted by atomic mass is 32.1. The van der Waals surface area contributed by atoms with E-state index < -0.39 is 0 Å². The maximum Gasteiger partial charge on any atom is 0.272 e. The predicted octanol–water partition coefficient (Wildman–Crippen LogP) is 1.84. The third kappa shape index (κ3) is 3.04. The first-order chi connectivity index (χ1) is 10.6. The number of benzene rings is 1. The van der Waals surface area contributed by atoms with E-state index in [1.54, 1.807) is 18.2 Å². The number of rotatable bonds is 2. The van der Waals surface area contributed by atoms with E-state index in [0.29, 0.717) is 27.6 Å². The highest BCUT2D eigenvalue weighted by molar-refractivity contribution is 7.80. The van der Waals surface area contributed by atoms with Crippen molar-refractivity contribution in [1.29, 1.82) is 0 Å². The van der Waals surface area contributed by atoms with Crippen LogP contribution in [0.3, 0.4) is 0 Å². The van der Waals surface area contributed by atoms with Gasteiger partial charge < -0.3 is 10.6 Å². The quantitative estimate of drug-likeness (QED) is 0.634. The summed E-state index contributed by atoms with van der Waals surface area (Å²) in [5, 5.41) is 12.1. The lowest BCUT2D eigenvalue weighted by molar-refractivity contribution is 0.415. The third-order valence-corrected chi connectivity index (χ3v) is 4.23. The second kappa shape index (κ2) is 6.31. The van der Waals surface area contributed by atoms with Crippen LogP contribution in [-0.2, 0) is 0 Å². The first kappa shape index (κ1) is 14.8. The molecule has 1 aromatic heterocycles. The molecule has 22 heavy (non-hydrogen) atoms. The number of hydrogen-bond donors (Lipinski definition) is 4. The molecule has 1 heterocycles. The van der Waals surface area contributed by atoms with Crippen LogP contribution in [0, 0.1) is 0 Å². The minimum Gasteiger partial charge on any atom is -0.360 e. The smallest absolute Gasteiger partial charge is 0.272 e. The number of aromatic amines is 2. The number of H-pyrrole nitrogens is 2. The van der Waals surface area contributed by atoms with Gasteiger partial charge in [0.05, 0.1) is 16.5 Å². The van der Waals surface area contributed by atoms with Crippen molar-refractivity contribution in [2.24, 2.45) is 0 Å². The Hall–Kier alpha value is -2.15. The Morgan fingerprint density at radius 1 is 1.09 bits per heavy atom. The lowest BCUT2D eigenvalue weighted by Crippen LogP contribution is -2.39. The monoisotopic (exact) mass is 318 g/mol. The lowest BCUT2D eigenvalue weighted by atomic mass is 9.96. The van der Waals surface area contributed by atoms with E-state index >= 15 is 0 Å². The summed E-state index contributed by atoms with van der Waals surface area (Å²) in [7, 11) is 0. The van der Waals surface area contributed by atoms with Crippen LogP contribution in [0.15, 0.2) is 27.8 Å². The molecule has 1 aromatic carbocycles. The van der Waals surface area contributed by atoms with Crippen LogP contribution >= 0.6 is 12.2 Å². The van der Waals surface area contributed by atoms with Gasteiger partial charge in [0.1, 0.15) is 0 Å². The molecule has 0 spiro atoms. The molecule has 6 nitrogen and oxygen atoms in total. The third-order valence-electron chi connectivity index (χ3n) is 4.01. The average molecular weight is 318 g/mol. The fourth-order valence-corrected chi connectivity index (χ4v) is 3.20. The lowest BCUT2D eigenvalue weighted by Gasteiger charge is -2.24. The summed E-state index contributed by atoms with van der Waals surface area (Å²) < 4.78 is 0. The Morgan fingerprint density at radius 3 is 2.59 bits per heavy atom. The number of hydrogen-bond acceptors (Lipinski definition) is 3. The molecule has 0 amide bonds. The largest absolute Gasteiger partial charge is 0.360 e. The van der Waals surface area contributed by atoms with Gasteiger partial charge in [0.15, 0.2) is 5.11 Å². The fraction of sp³-hybridized carbons (Fsp3) is 0.400. The molecule has 4 N–H and O–H groups in total. The topological polar surface area (TPSA) is 89.8 Å². The molecule has 0 unspecified atom stereocenters. The zero-order valence-corrected chi connectivity index (χ0v) is 12.9. The van der Waals surface area contributed by atoms with Gasteiger partial charge >= 0.3 is 0 Å². The molecular formula is C15H18N4O2S. The molecular weight excluding hydrogens is 300 g/mol. The average Bonchev–Trinajstić information content (AvgIpc) is 2.52. The molecule has 0 bridgehead atoms. The van der Waals surface area contributed by atoms with E-state index in [2.05, 4.69) is 20.8 Å². The van der Waals surface area contributed by atoms with Crippen LogP contribution in [0.2, 0.25) is 0 Å². The van der Waals surface area contributed by atoms with E-state index in [0.717, 1.165) is 12.8 Å². The van der Waals surface area contributed by atoms with Gasteiger partial charge in [-0.3, -0.25) is 19.8 Å². The first-order valence-electron chi connectivity index (χ1n) is 7.46. The van der Waals surface area contributed by atoms with Crippen LogP contribution < -0.4 is 21.8 Å². The summed E-state index contributed by atoms with van der Waals surface area (Å²) in [5.41, 5.74) is -0.138. The van der Waals surface area contributed by atoms with Crippen molar-refractivity contribution in [1.82, 2.24) is 15.5 Å². The minimum absolute atomic E-state index is 0.319.